The Kier molecular flexibility index (Phi) is 11.0. The predicted octanol–water partition coefficient (Wildman–Crippen LogP) is 6.87. The Hall–Kier alpha value is -4.34. The molecule has 44 heavy (non-hydrogen) atoms. The number of ether oxygens (including phenoxy) is 5. The van der Waals surface area contributed by atoms with Crippen molar-refractivity contribution in [3.63, 3.8) is 0 Å². The van der Waals surface area contributed by atoms with Crippen LogP contribution in [0, 0.1) is 5.82 Å². The van der Waals surface area contributed by atoms with Gasteiger partial charge in [0, 0.05) is 28.8 Å². The van der Waals surface area contributed by atoms with Gasteiger partial charge in [-0.2, -0.15) is 0 Å². The van der Waals surface area contributed by atoms with Crippen LogP contribution in [-0.2, 0) is 16.8 Å². The minimum absolute atomic E-state index is 0.00631. The summed E-state index contributed by atoms with van der Waals surface area (Å²) < 4.78 is 41.4. The smallest absolute Gasteiger partial charge is 0.251 e. The van der Waals surface area contributed by atoms with Crippen molar-refractivity contribution in [2.75, 3.05) is 41.1 Å². The van der Waals surface area contributed by atoms with Crippen LogP contribution >= 0.6 is 11.6 Å². The average Bonchev–Trinajstić information content (AvgIpc) is 3.04. The van der Waals surface area contributed by atoms with E-state index in [0.717, 1.165) is 11.3 Å². The van der Waals surface area contributed by atoms with Crippen LogP contribution in [-0.4, -0.2) is 52.0 Å². The lowest BCUT2D eigenvalue weighted by Gasteiger charge is -2.26. The number of halogens is 2. The fourth-order valence-electron chi connectivity index (χ4n) is 4.38. The number of rotatable bonds is 14. The third-order valence-electron chi connectivity index (χ3n) is 6.99. The normalized spacial score (nSPS) is 11.2. The van der Waals surface area contributed by atoms with Crippen LogP contribution in [0.3, 0.4) is 0 Å². The minimum atomic E-state index is -0.556. The molecule has 0 bridgehead atoms. The minimum Gasteiger partial charge on any atom is -0.497 e. The molecule has 0 atom stereocenters. The SMILES string of the molecule is COc1ccc(COCCOc2ccc(C(=O)NCC(C)(C)c3ccc(OC)c(-c4ccc(F)c(Cl)c4)n3)cc2OC)cc1. The van der Waals surface area contributed by atoms with Gasteiger partial charge in [0.2, 0.25) is 0 Å². The van der Waals surface area contributed by atoms with Crippen LogP contribution in [0.2, 0.25) is 5.02 Å². The summed E-state index contributed by atoms with van der Waals surface area (Å²) in [6.45, 7) is 5.37. The molecule has 0 radical (unpaired) electrons. The Bertz CT molecular complexity index is 1580. The summed E-state index contributed by atoms with van der Waals surface area (Å²) in [5, 5.41) is 2.98. The lowest BCUT2D eigenvalue weighted by Crippen LogP contribution is -2.37. The van der Waals surface area contributed by atoms with E-state index in [1.807, 2.05) is 44.2 Å². The van der Waals surface area contributed by atoms with Gasteiger partial charge in [-0.3, -0.25) is 4.79 Å². The highest BCUT2D eigenvalue weighted by Gasteiger charge is 2.25. The van der Waals surface area contributed by atoms with E-state index < -0.39 is 11.2 Å². The zero-order valence-corrected chi connectivity index (χ0v) is 26.2. The first-order valence-corrected chi connectivity index (χ1v) is 14.3. The summed E-state index contributed by atoms with van der Waals surface area (Å²) >= 11 is 6.01. The largest absolute Gasteiger partial charge is 0.497 e. The van der Waals surface area contributed by atoms with Crippen molar-refractivity contribution in [2.45, 2.75) is 25.9 Å². The summed E-state index contributed by atoms with van der Waals surface area (Å²) in [5.41, 5.74) is 2.75. The summed E-state index contributed by atoms with van der Waals surface area (Å²) in [7, 11) is 4.69. The van der Waals surface area contributed by atoms with Crippen molar-refractivity contribution in [2.24, 2.45) is 0 Å². The summed E-state index contributed by atoms with van der Waals surface area (Å²) in [4.78, 5) is 17.9. The predicted molar refractivity (Wildman–Crippen MR) is 168 cm³/mol. The molecular weight excluding hydrogens is 587 g/mol. The summed E-state index contributed by atoms with van der Waals surface area (Å²) in [6, 6.07) is 20.7. The number of aromatic nitrogens is 1. The van der Waals surface area contributed by atoms with E-state index in [1.54, 1.807) is 44.6 Å². The van der Waals surface area contributed by atoms with Crippen LogP contribution in [0.15, 0.2) is 72.8 Å². The maximum absolute atomic E-state index is 13.8. The first-order chi connectivity index (χ1) is 21.1. The topological polar surface area (TPSA) is 88.1 Å². The van der Waals surface area contributed by atoms with E-state index in [4.69, 9.17) is 40.3 Å². The van der Waals surface area contributed by atoms with Gasteiger partial charge in [-0.1, -0.05) is 37.6 Å². The Morgan fingerprint density at radius 3 is 2.27 bits per heavy atom. The molecule has 0 unspecified atom stereocenters. The third kappa shape index (κ3) is 8.18. The fourth-order valence-corrected chi connectivity index (χ4v) is 4.56. The van der Waals surface area contributed by atoms with E-state index in [1.165, 1.54) is 19.2 Å². The van der Waals surface area contributed by atoms with Crippen molar-refractivity contribution in [3.05, 3.63) is 100 Å². The molecule has 0 aliphatic rings. The fraction of sp³-hybridized carbons (Fsp3) is 0.294. The second-order valence-electron chi connectivity index (χ2n) is 10.6. The van der Waals surface area contributed by atoms with E-state index in [2.05, 4.69) is 5.32 Å². The zero-order valence-electron chi connectivity index (χ0n) is 25.4. The number of carbonyl (C=O) groups excluding carboxylic acids is 1. The second kappa shape index (κ2) is 14.9. The van der Waals surface area contributed by atoms with E-state index >= 15 is 0 Å². The van der Waals surface area contributed by atoms with Gasteiger partial charge < -0.3 is 29.0 Å². The van der Waals surface area contributed by atoms with Crippen LogP contribution < -0.4 is 24.3 Å². The van der Waals surface area contributed by atoms with Crippen molar-refractivity contribution in [1.82, 2.24) is 10.3 Å². The molecule has 4 aromatic rings. The number of benzene rings is 3. The molecule has 0 saturated heterocycles. The van der Waals surface area contributed by atoms with E-state index in [0.29, 0.717) is 66.1 Å². The van der Waals surface area contributed by atoms with Crippen LogP contribution in [0.4, 0.5) is 4.39 Å². The number of hydrogen-bond acceptors (Lipinski definition) is 7. The maximum atomic E-state index is 13.8. The first kappa shape index (κ1) is 32.6. The number of nitrogens with zero attached hydrogens (tertiary/aromatic N) is 1. The molecule has 3 aromatic carbocycles. The molecule has 1 heterocycles. The molecule has 232 valence electrons. The molecule has 8 nitrogen and oxygen atoms in total. The highest BCUT2D eigenvalue weighted by Crippen LogP contribution is 2.34. The molecule has 0 fully saturated rings. The van der Waals surface area contributed by atoms with Gasteiger partial charge in [-0.15, -0.1) is 0 Å². The van der Waals surface area contributed by atoms with E-state index in [-0.39, 0.29) is 10.9 Å². The van der Waals surface area contributed by atoms with Gasteiger partial charge in [0.1, 0.15) is 29.6 Å². The first-order valence-electron chi connectivity index (χ1n) is 14.0. The van der Waals surface area contributed by atoms with Crippen molar-refractivity contribution >= 4 is 17.5 Å². The highest BCUT2D eigenvalue weighted by molar-refractivity contribution is 6.31. The lowest BCUT2D eigenvalue weighted by atomic mass is 9.88. The summed E-state index contributed by atoms with van der Waals surface area (Å²) in [5.74, 6) is 1.47. The maximum Gasteiger partial charge on any atom is 0.251 e. The lowest BCUT2D eigenvalue weighted by molar-refractivity contribution is 0.0878. The van der Waals surface area contributed by atoms with Crippen molar-refractivity contribution < 1.29 is 32.9 Å². The molecule has 1 N–H and O–H groups in total. The molecule has 0 aliphatic heterocycles. The van der Waals surface area contributed by atoms with Crippen molar-refractivity contribution in [1.29, 1.82) is 0 Å². The van der Waals surface area contributed by atoms with Gasteiger partial charge in [-0.05, 0) is 66.2 Å². The average molecular weight is 623 g/mol. The Morgan fingerprint density at radius 1 is 0.864 bits per heavy atom. The molecule has 0 saturated carbocycles. The highest BCUT2D eigenvalue weighted by atomic mass is 35.5. The number of hydrogen-bond donors (Lipinski definition) is 1. The molecule has 10 heteroatoms. The van der Waals surface area contributed by atoms with Crippen LogP contribution in [0.5, 0.6) is 23.0 Å². The number of carbonyl (C=O) groups is 1. The Balaban J connectivity index is 1.35. The Morgan fingerprint density at radius 2 is 1.59 bits per heavy atom. The number of amides is 1. The van der Waals surface area contributed by atoms with Crippen molar-refractivity contribution in [3.8, 4) is 34.3 Å². The molecule has 0 spiro atoms. The Labute approximate surface area is 262 Å². The van der Waals surface area contributed by atoms with E-state index in [9.17, 15) is 9.18 Å². The molecule has 1 amide bonds. The van der Waals surface area contributed by atoms with Gasteiger partial charge in [0.25, 0.3) is 5.91 Å². The van der Waals surface area contributed by atoms with Crippen LogP contribution in [0.25, 0.3) is 11.3 Å². The van der Waals surface area contributed by atoms with Gasteiger partial charge in [-0.25, -0.2) is 9.37 Å². The second-order valence-corrected chi connectivity index (χ2v) is 11.0. The summed E-state index contributed by atoms with van der Waals surface area (Å²) in [6.07, 6.45) is 0. The van der Waals surface area contributed by atoms with Gasteiger partial charge in [0.15, 0.2) is 11.5 Å². The molecule has 0 aliphatic carbocycles. The van der Waals surface area contributed by atoms with Gasteiger partial charge >= 0.3 is 0 Å². The van der Waals surface area contributed by atoms with Crippen LogP contribution in [0.1, 0.15) is 35.5 Å². The number of methoxy groups -OCH3 is 3. The molecular formula is C34H36ClFN2O6. The zero-order chi connectivity index (χ0) is 31.7. The number of pyridine rings is 1. The molecule has 4 rings (SSSR count). The quantitative estimate of drug-likeness (QED) is 0.154. The van der Waals surface area contributed by atoms with Gasteiger partial charge in [0.05, 0.1) is 39.6 Å². The monoisotopic (exact) mass is 622 g/mol. The standard InChI is InChI=1S/C34H36ClFN2O6/c1-34(2,31-15-14-29(41-4)32(38-31)23-8-12-27(36)26(35)18-23)21-37-33(39)24-9-13-28(30(19-24)42-5)44-17-16-43-20-22-6-10-25(40-3)11-7-22/h6-15,18-19H,16-17,20-21H2,1-5H3,(H,37,39). The number of nitrogens with one attached hydrogen (secondary N) is 1. The third-order valence-corrected chi connectivity index (χ3v) is 7.28. The molecule has 1 aromatic heterocycles.